The van der Waals surface area contributed by atoms with E-state index in [-0.39, 0.29) is 5.82 Å². The zero-order valence-electron chi connectivity index (χ0n) is 9.11. The van der Waals surface area contributed by atoms with Gasteiger partial charge in [-0.05, 0) is 37.8 Å². The molecule has 1 fully saturated rings. The summed E-state index contributed by atoms with van der Waals surface area (Å²) in [5.74, 6) is 0.699. The highest BCUT2D eigenvalue weighted by molar-refractivity contribution is 6.00. The van der Waals surface area contributed by atoms with E-state index in [1.807, 2.05) is 0 Å². The Hall–Kier alpha value is -1.58. The number of oxime groups is 1. The zero-order chi connectivity index (χ0) is 11.5. The van der Waals surface area contributed by atoms with Gasteiger partial charge in [0.05, 0.1) is 12.3 Å². The van der Waals surface area contributed by atoms with Crippen molar-refractivity contribution in [2.24, 2.45) is 11.1 Å². The minimum absolute atomic E-state index is 0.347. The lowest BCUT2D eigenvalue weighted by molar-refractivity contribution is 0.296. The van der Waals surface area contributed by atoms with Crippen LogP contribution in [-0.2, 0) is 0 Å². The minimum Gasteiger partial charge on any atom is -0.492 e. The molecule has 1 saturated carbocycles. The van der Waals surface area contributed by atoms with E-state index in [0.717, 1.165) is 0 Å². The van der Waals surface area contributed by atoms with Crippen molar-refractivity contribution in [3.63, 3.8) is 0 Å². The molecular formula is C12H14FNO2. The molecule has 0 aromatic heterocycles. The van der Waals surface area contributed by atoms with Crippen molar-refractivity contribution in [2.45, 2.75) is 19.8 Å². The Morgan fingerprint density at radius 1 is 1.56 bits per heavy atom. The van der Waals surface area contributed by atoms with Crippen LogP contribution in [0.1, 0.15) is 25.3 Å². The molecule has 1 aliphatic carbocycles. The van der Waals surface area contributed by atoms with Crippen molar-refractivity contribution in [3.05, 3.63) is 29.6 Å². The summed E-state index contributed by atoms with van der Waals surface area (Å²) in [6.07, 6.45) is 2.36. The summed E-state index contributed by atoms with van der Waals surface area (Å²) in [5, 5.41) is 11.8. The van der Waals surface area contributed by atoms with Crippen LogP contribution in [0.2, 0.25) is 0 Å². The molecule has 0 bridgehead atoms. The van der Waals surface area contributed by atoms with Crippen molar-refractivity contribution >= 4 is 5.71 Å². The molecule has 1 aromatic rings. The maximum absolute atomic E-state index is 13.1. The third-order valence-corrected chi connectivity index (χ3v) is 2.65. The smallest absolute Gasteiger partial charge is 0.131 e. The summed E-state index contributed by atoms with van der Waals surface area (Å²) in [6.45, 7) is 2.26. The average molecular weight is 223 g/mol. The van der Waals surface area contributed by atoms with Crippen LogP contribution in [0.3, 0.4) is 0 Å². The first kappa shape index (κ1) is 10.9. The van der Waals surface area contributed by atoms with Gasteiger partial charge in [0, 0.05) is 11.6 Å². The van der Waals surface area contributed by atoms with Crippen molar-refractivity contribution < 1.29 is 14.3 Å². The molecule has 1 aromatic carbocycles. The Morgan fingerprint density at radius 2 is 2.31 bits per heavy atom. The van der Waals surface area contributed by atoms with Gasteiger partial charge in [0.1, 0.15) is 11.6 Å². The highest BCUT2D eigenvalue weighted by atomic mass is 19.1. The molecule has 86 valence electrons. The molecule has 1 N–H and O–H groups in total. The predicted molar refractivity (Wildman–Crippen MR) is 58.6 cm³/mol. The van der Waals surface area contributed by atoms with Crippen LogP contribution in [0.5, 0.6) is 5.75 Å². The van der Waals surface area contributed by atoms with E-state index < -0.39 is 0 Å². The number of hydrogen-bond acceptors (Lipinski definition) is 3. The average Bonchev–Trinajstić information content (AvgIpc) is 3.09. The van der Waals surface area contributed by atoms with Gasteiger partial charge in [-0.2, -0.15) is 0 Å². The van der Waals surface area contributed by atoms with Crippen LogP contribution in [0.25, 0.3) is 0 Å². The first-order chi connectivity index (χ1) is 7.70. The van der Waals surface area contributed by atoms with Crippen LogP contribution in [0, 0.1) is 11.7 Å². The molecule has 3 nitrogen and oxygen atoms in total. The molecule has 0 unspecified atom stereocenters. The van der Waals surface area contributed by atoms with Crippen molar-refractivity contribution in [3.8, 4) is 5.75 Å². The summed E-state index contributed by atoms with van der Waals surface area (Å²) in [5.41, 5.74) is 1.05. The van der Waals surface area contributed by atoms with Crippen LogP contribution in [-0.4, -0.2) is 17.5 Å². The van der Waals surface area contributed by atoms with Gasteiger partial charge in [0.15, 0.2) is 0 Å². The van der Waals surface area contributed by atoms with Crippen LogP contribution in [0.4, 0.5) is 4.39 Å². The maximum Gasteiger partial charge on any atom is 0.131 e. The van der Waals surface area contributed by atoms with E-state index in [0.29, 0.717) is 29.5 Å². The number of hydrogen-bond donors (Lipinski definition) is 1. The first-order valence-corrected chi connectivity index (χ1v) is 5.32. The topological polar surface area (TPSA) is 41.8 Å². The summed E-state index contributed by atoms with van der Waals surface area (Å²) in [4.78, 5) is 0. The first-order valence-electron chi connectivity index (χ1n) is 5.32. The second kappa shape index (κ2) is 4.51. The Bertz CT molecular complexity index is 413. The van der Waals surface area contributed by atoms with Gasteiger partial charge in [-0.1, -0.05) is 5.16 Å². The van der Waals surface area contributed by atoms with Gasteiger partial charge in [0.2, 0.25) is 0 Å². The number of rotatable bonds is 4. The Labute approximate surface area is 93.5 Å². The molecule has 0 aliphatic heterocycles. The van der Waals surface area contributed by atoms with Crippen molar-refractivity contribution in [2.75, 3.05) is 6.61 Å². The fourth-order valence-corrected chi connectivity index (χ4v) is 1.46. The Balaban J connectivity index is 2.20. The van der Waals surface area contributed by atoms with Gasteiger partial charge in [-0.3, -0.25) is 0 Å². The lowest BCUT2D eigenvalue weighted by Crippen LogP contribution is -2.05. The molecule has 16 heavy (non-hydrogen) atoms. The highest BCUT2D eigenvalue weighted by Gasteiger charge is 2.22. The number of nitrogens with zero attached hydrogens (tertiary/aromatic N) is 1. The fraction of sp³-hybridized carbons (Fsp3) is 0.417. The van der Waals surface area contributed by atoms with Crippen LogP contribution < -0.4 is 4.74 Å². The lowest BCUT2D eigenvalue weighted by Gasteiger charge is -2.10. The number of halogens is 1. The van der Waals surface area contributed by atoms with E-state index in [4.69, 9.17) is 9.94 Å². The number of benzene rings is 1. The quantitative estimate of drug-likeness (QED) is 0.484. The van der Waals surface area contributed by atoms with E-state index in [1.54, 1.807) is 13.0 Å². The SMILES string of the molecule is CC(=NO)c1ccc(F)cc1OCC1CC1. The minimum atomic E-state index is -0.347. The third-order valence-electron chi connectivity index (χ3n) is 2.65. The summed E-state index contributed by atoms with van der Waals surface area (Å²) in [6, 6.07) is 4.22. The molecule has 2 rings (SSSR count). The van der Waals surface area contributed by atoms with Crippen molar-refractivity contribution in [1.29, 1.82) is 0 Å². The van der Waals surface area contributed by atoms with Gasteiger partial charge < -0.3 is 9.94 Å². The maximum atomic E-state index is 13.1. The molecule has 0 amide bonds. The highest BCUT2D eigenvalue weighted by Crippen LogP contribution is 2.30. The van der Waals surface area contributed by atoms with E-state index in [9.17, 15) is 4.39 Å². The molecular weight excluding hydrogens is 209 g/mol. The molecule has 0 atom stereocenters. The monoisotopic (exact) mass is 223 g/mol. The predicted octanol–water partition coefficient (Wildman–Crippen LogP) is 2.81. The van der Waals surface area contributed by atoms with Gasteiger partial charge in [-0.25, -0.2) is 4.39 Å². The molecule has 4 heteroatoms. The van der Waals surface area contributed by atoms with Crippen LogP contribution in [0.15, 0.2) is 23.4 Å². The third kappa shape index (κ3) is 2.51. The molecule has 1 aliphatic rings. The van der Waals surface area contributed by atoms with Gasteiger partial charge >= 0.3 is 0 Å². The Kier molecular flexibility index (Phi) is 3.08. The molecule has 0 spiro atoms. The van der Waals surface area contributed by atoms with Crippen LogP contribution >= 0.6 is 0 Å². The second-order valence-electron chi connectivity index (χ2n) is 4.08. The molecule has 0 radical (unpaired) electrons. The largest absolute Gasteiger partial charge is 0.492 e. The zero-order valence-corrected chi connectivity index (χ0v) is 9.11. The molecule has 0 saturated heterocycles. The van der Waals surface area contributed by atoms with Gasteiger partial charge in [0.25, 0.3) is 0 Å². The van der Waals surface area contributed by atoms with E-state index >= 15 is 0 Å². The fourth-order valence-electron chi connectivity index (χ4n) is 1.46. The summed E-state index contributed by atoms with van der Waals surface area (Å²) < 4.78 is 18.6. The van der Waals surface area contributed by atoms with E-state index in [2.05, 4.69) is 5.16 Å². The number of ether oxygens (including phenoxy) is 1. The van der Waals surface area contributed by atoms with Gasteiger partial charge in [-0.15, -0.1) is 0 Å². The second-order valence-corrected chi connectivity index (χ2v) is 4.08. The summed E-state index contributed by atoms with van der Waals surface area (Å²) >= 11 is 0. The van der Waals surface area contributed by atoms with Crippen molar-refractivity contribution in [1.82, 2.24) is 0 Å². The molecule has 0 heterocycles. The standard InChI is InChI=1S/C12H14FNO2/c1-8(14-15)11-5-4-10(13)6-12(11)16-7-9-2-3-9/h4-6,9,15H,2-3,7H2,1H3. The normalized spacial score (nSPS) is 16.2. The summed E-state index contributed by atoms with van der Waals surface area (Å²) in [7, 11) is 0. The Morgan fingerprint density at radius 3 is 2.94 bits per heavy atom. The lowest BCUT2D eigenvalue weighted by atomic mass is 10.1. The van der Waals surface area contributed by atoms with E-state index in [1.165, 1.54) is 25.0 Å².